The van der Waals surface area contributed by atoms with Crippen LogP contribution >= 0.6 is 15.9 Å². The number of hydrogen-bond donors (Lipinski definition) is 0. The van der Waals surface area contributed by atoms with Gasteiger partial charge in [-0.3, -0.25) is 0 Å². The normalized spacial score (nSPS) is 17.7. The Hall–Kier alpha value is -2.84. The van der Waals surface area contributed by atoms with E-state index in [0.717, 1.165) is 4.47 Å². The molecular formula is C33H32BrN. The first kappa shape index (κ1) is 22.6. The summed E-state index contributed by atoms with van der Waals surface area (Å²) in [5.74, 6) is 0. The van der Waals surface area contributed by atoms with Gasteiger partial charge in [0.15, 0.2) is 0 Å². The van der Waals surface area contributed by atoms with Crippen molar-refractivity contribution in [3.05, 3.63) is 101 Å². The Balaban J connectivity index is 1.73. The molecule has 1 aromatic heterocycles. The van der Waals surface area contributed by atoms with Crippen molar-refractivity contribution in [2.45, 2.75) is 52.4 Å². The van der Waals surface area contributed by atoms with Gasteiger partial charge in [-0.1, -0.05) is 112 Å². The summed E-state index contributed by atoms with van der Waals surface area (Å²) in [6.45, 7) is 14.5. The zero-order valence-corrected chi connectivity index (χ0v) is 23.0. The molecule has 0 saturated heterocycles. The van der Waals surface area contributed by atoms with E-state index in [0.29, 0.717) is 0 Å². The number of benzene rings is 4. The molecule has 6 rings (SSSR count). The zero-order valence-electron chi connectivity index (χ0n) is 21.4. The Kier molecular flexibility index (Phi) is 4.74. The van der Waals surface area contributed by atoms with Crippen molar-refractivity contribution >= 4 is 37.7 Å². The first-order chi connectivity index (χ1) is 16.6. The molecule has 1 nitrogen and oxygen atoms in total. The molecule has 0 atom stereocenters. The monoisotopic (exact) mass is 521 g/mol. The van der Waals surface area contributed by atoms with E-state index in [1.54, 1.807) is 0 Å². The standard InChI is InChI=1S/C33H32BrN/c1-31(2)26-19-25(28(34)20-27(26)32(3,4)33(31,5)6)24-17-12-16-23-22-15-10-11-18-29(22)35(30(23)24)21-13-8-7-9-14-21/h7-20H,1-6H3. The Morgan fingerprint density at radius 3 is 1.91 bits per heavy atom. The molecule has 0 fully saturated rings. The second-order valence-electron chi connectivity index (χ2n) is 11.6. The molecule has 1 aliphatic rings. The third-order valence-corrected chi connectivity index (χ3v) is 10.2. The van der Waals surface area contributed by atoms with Crippen molar-refractivity contribution < 1.29 is 0 Å². The highest BCUT2D eigenvalue weighted by atomic mass is 79.9. The fraction of sp³-hybridized carbons (Fsp3) is 0.273. The van der Waals surface area contributed by atoms with Gasteiger partial charge in [-0.05, 0) is 63.3 Å². The topological polar surface area (TPSA) is 4.93 Å². The van der Waals surface area contributed by atoms with Gasteiger partial charge in [0.05, 0.1) is 11.0 Å². The van der Waals surface area contributed by atoms with Crippen molar-refractivity contribution in [1.82, 2.24) is 4.57 Å². The molecule has 0 N–H and O–H groups in total. The van der Waals surface area contributed by atoms with Crippen molar-refractivity contribution in [3.8, 4) is 16.8 Å². The van der Waals surface area contributed by atoms with E-state index >= 15 is 0 Å². The molecule has 0 saturated carbocycles. The lowest BCUT2D eigenvalue weighted by atomic mass is 9.59. The van der Waals surface area contributed by atoms with Gasteiger partial charge < -0.3 is 4.57 Å². The summed E-state index contributed by atoms with van der Waals surface area (Å²) in [4.78, 5) is 0. The summed E-state index contributed by atoms with van der Waals surface area (Å²) in [7, 11) is 0. The zero-order chi connectivity index (χ0) is 24.8. The van der Waals surface area contributed by atoms with E-state index in [4.69, 9.17) is 0 Å². The summed E-state index contributed by atoms with van der Waals surface area (Å²) in [6, 6.07) is 31.1. The van der Waals surface area contributed by atoms with Crippen LogP contribution in [0.4, 0.5) is 0 Å². The van der Waals surface area contributed by atoms with Gasteiger partial charge in [0.1, 0.15) is 0 Å². The maximum absolute atomic E-state index is 4.01. The van der Waals surface area contributed by atoms with Crippen LogP contribution in [-0.4, -0.2) is 4.57 Å². The Morgan fingerprint density at radius 2 is 1.20 bits per heavy atom. The summed E-state index contributed by atoms with van der Waals surface area (Å²) in [5.41, 5.74) is 9.39. The van der Waals surface area contributed by atoms with Crippen molar-refractivity contribution in [2.24, 2.45) is 5.41 Å². The van der Waals surface area contributed by atoms with E-state index in [-0.39, 0.29) is 16.2 Å². The van der Waals surface area contributed by atoms with E-state index < -0.39 is 0 Å². The predicted molar refractivity (Wildman–Crippen MR) is 154 cm³/mol. The maximum Gasteiger partial charge on any atom is 0.0619 e. The third-order valence-electron chi connectivity index (χ3n) is 9.58. The quantitative estimate of drug-likeness (QED) is 0.217. The number of fused-ring (bicyclic) bond motifs is 4. The summed E-state index contributed by atoms with van der Waals surface area (Å²) >= 11 is 4.01. The number of halogens is 1. The summed E-state index contributed by atoms with van der Waals surface area (Å²) in [5, 5.41) is 2.57. The predicted octanol–water partition coefficient (Wildman–Crippen LogP) is 9.81. The average Bonchev–Trinajstić information content (AvgIpc) is 3.22. The van der Waals surface area contributed by atoms with Crippen LogP contribution in [0.3, 0.4) is 0 Å². The lowest BCUT2D eigenvalue weighted by Crippen LogP contribution is -2.42. The third kappa shape index (κ3) is 2.87. The Morgan fingerprint density at radius 1 is 0.600 bits per heavy atom. The summed E-state index contributed by atoms with van der Waals surface area (Å²) < 4.78 is 3.59. The van der Waals surface area contributed by atoms with Crippen LogP contribution in [0, 0.1) is 5.41 Å². The number of nitrogens with zero attached hydrogens (tertiary/aromatic N) is 1. The van der Waals surface area contributed by atoms with Crippen LogP contribution < -0.4 is 0 Å². The SMILES string of the molecule is CC1(C)c2cc(Br)c(-c3cccc4c5ccccc5n(-c5ccccc5)c34)cc2C(C)(C)C1(C)C. The van der Waals surface area contributed by atoms with Crippen LogP contribution in [0.2, 0.25) is 0 Å². The second kappa shape index (κ2) is 7.34. The van der Waals surface area contributed by atoms with Gasteiger partial charge >= 0.3 is 0 Å². The van der Waals surface area contributed by atoms with Gasteiger partial charge in [0.25, 0.3) is 0 Å². The van der Waals surface area contributed by atoms with Gasteiger partial charge in [0, 0.05) is 26.5 Å². The molecule has 1 aliphatic carbocycles. The second-order valence-corrected chi connectivity index (χ2v) is 12.5. The first-order valence-electron chi connectivity index (χ1n) is 12.5. The van der Waals surface area contributed by atoms with Crippen molar-refractivity contribution in [1.29, 1.82) is 0 Å². The number of rotatable bonds is 2. The molecular weight excluding hydrogens is 490 g/mol. The highest BCUT2D eigenvalue weighted by molar-refractivity contribution is 9.10. The van der Waals surface area contributed by atoms with E-state index in [1.165, 1.54) is 49.7 Å². The molecule has 5 aromatic rings. The molecule has 0 bridgehead atoms. The maximum atomic E-state index is 4.01. The Labute approximate surface area is 216 Å². The lowest BCUT2D eigenvalue weighted by Gasteiger charge is -2.44. The first-order valence-corrected chi connectivity index (χ1v) is 13.3. The van der Waals surface area contributed by atoms with Crippen LogP contribution in [0.5, 0.6) is 0 Å². The highest BCUT2D eigenvalue weighted by Gasteiger charge is 2.56. The lowest BCUT2D eigenvalue weighted by molar-refractivity contribution is 0.125. The average molecular weight is 523 g/mol. The highest BCUT2D eigenvalue weighted by Crippen LogP contribution is 2.62. The minimum absolute atomic E-state index is 0.0569. The van der Waals surface area contributed by atoms with Crippen molar-refractivity contribution in [2.75, 3.05) is 0 Å². The molecule has 4 aromatic carbocycles. The smallest absolute Gasteiger partial charge is 0.0619 e. The molecule has 0 unspecified atom stereocenters. The molecule has 0 amide bonds. The molecule has 35 heavy (non-hydrogen) atoms. The van der Waals surface area contributed by atoms with Gasteiger partial charge in [-0.25, -0.2) is 0 Å². The minimum Gasteiger partial charge on any atom is -0.309 e. The summed E-state index contributed by atoms with van der Waals surface area (Å²) in [6.07, 6.45) is 0. The van der Waals surface area contributed by atoms with Gasteiger partial charge in [0.2, 0.25) is 0 Å². The van der Waals surface area contributed by atoms with E-state index in [9.17, 15) is 0 Å². The van der Waals surface area contributed by atoms with Crippen LogP contribution in [-0.2, 0) is 10.8 Å². The number of para-hydroxylation sites is 3. The molecule has 0 spiro atoms. The molecule has 176 valence electrons. The van der Waals surface area contributed by atoms with Crippen molar-refractivity contribution in [3.63, 3.8) is 0 Å². The van der Waals surface area contributed by atoms with Crippen LogP contribution in [0.15, 0.2) is 89.4 Å². The van der Waals surface area contributed by atoms with E-state index in [2.05, 4.69) is 147 Å². The van der Waals surface area contributed by atoms with Gasteiger partial charge in [-0.2, -0.15) is 0 Å². The van der Waals surface area contributed by atoms with Crippen LogP contribution in [0.25, 0.3) is 38.6 Å². The molecule has 2 heteroatoms. The number of hydrogen-bond acceptors (Lipinski definition) is 0. The fourth-order valence-corrected chi connectivity index (χ4v) is 6.91. The largest absolute Gasteiger partial charge is 0.309 e. The minimum atomic E-state index is 0.0569. The van der Waals surface area contributed by atoms with Gasteiger partial charge in [-0.15, -0.1) is 0 Å². The molecule has 1 heterocycles. The molecule has 0 aliphatic heterocycles. The molecule has 0 radical (unpaired) electrons. The van der Waals surface area contributed by atoms with Crippen LogP contribution in [0.1, 0.15) is 52.7 Å². The Bertz CT molecular complexity index is 1620. The fourth-order valence-electron chi connectivity index (χ4n) is 6.35. The van der Waals surface area contributed by atoms with E-state index in [1.807, 2.05) is 0 Å². The number of aromatic nitrogens is 1.